The summed E-state index contributed by atoms with van der Waals surface area (Å²) in [5.41, 5.74) is 3.53. The summed E-state index contributed by atoms with van der Waals surface area (Å²) < 4.78 is 5.43. The molecule has 1 aliphatic heterocycles. The van der Waals surface area contributed by atoms with Crippen LogP contribution in [0.1, 0.15) is 36.8 Å². The van der Waals surface area contributed by atoms with Gasteiger partial charge >= 0.3 is 12.1 Å². The normalized spacial score (nSPS) is 20.1. The molecule has 2 aromatic carbocycles. The summed E-state index contributed by atoms with van der Waals surface area (Å²) in [6.45, 7) is 2.10. The average Bonchev–Trinajstić information content (AvgIpc) is 3.36. The van der Waals surface area contributed by atoms with Crippen molar-refractivity contribution in [1.29, 1.82) is 0 Å². The molecule has 0 radical (unpaired) electrons. The van der Waals surface area contributed by atoms with Crippen molar-refractivity contribution in [2.24, 2.45) is 5.41 Å². The summed E-state index contributed by atoms with van der Waals surface area (Å²) in [5.74, 6) is -1.33. The zero-order valence-corrected chi connectivity index (χ0v) is 18.5. The number of nitrogens with zero attached hydrogens (tertiary/aromatic N) is 1. The number of rotatable bonds is 7. The monoisotopic (exact) mass is 452 g/mol. The quantitative estimate of drug-likeness (QED) is 0.595. The molecule has 2 aromatic rings. The van der Waals surface area contributed by atoms with Gasteiger partial charge in [0.25, 0.3) is 0 Å². The maximum absolute atomic E-state index is 12.4. The molecule has 0 bridgehead atoms. The molecule has 0 saturated carbocycles. The summed E-state index contributed by atoms with van der Waals surface area (Å²) in [6.07, 6.45) is -1.57. The van der Waals surface area contributed by atoms with E-state index >= 15 is 0 Å². The maximum Gasteiger partial charge on any atom is 0.407 e. The second-order valence-corrected chi connectivity index (χ2v) is 9.00. The van der Waals surface area contributed by atoms with Crippen LogP contribution in [-0.4, -0.2) is 65.4 Å². The molecule has 4 rings (SSSR count). The number of hydrogen-bond acceptors (Lipinski definition) is 5. The standard InChI is InChI=1S/C25H28N2O6/c1-25(23(30)31)10-11-27(15-25)22(29)12-16(28)13-26-24(32)33-14-21-19-8-4-2-6-17(19)18-7-3-5-9-20(18)21/h2-9,16,21,28H,10-15H2,1H3,(H,26,32)(H,30,31). The van der Waals surface area contributed by atoms with Gasteiger partial charge in [-0.25, -0.2) is 4.79 Å². The summed E-state index contributed by atoms with van der Waals surface area (Å²) in [4.78, 5) is 37.4. The van der Waals surface area contributed by atoms with Crippen molar-refractivity contribution < 1.29 is 29.3 Å². The molecular weight excluding hydrogens is 424 g/mol. The lowest BCUT2D eigenvalue weighted by Gasteiger charge is -2.21. The van der Waals surface area contributed by atoms with Gasteiger partial charge in [-0.3, -0.25) is 9.59 Å². The average molecular weight is 453 g/mol. The van der Waals surface area contributed by atoms with Gasteiger partial charge in [0, 0.05) is 25.6 Å². The van der Waals surface area contributed by atoms with Gasteiger partial charge in [-0.2, -0.15) is 0 Å². The van der Waals surface area contributed by atoms with Crippen LogP contribution >= 0.6 is 0 Å². The molecule has 8 heteroatoms. The van der Waals surface area contributed by atoms with E-state index in [9.17, 15) is 24.6 Å². The van der Waals surface area contributed by atoms with Crippen molar-refractivity contribution in [3.05, 3.63) is 59.7 Å². The Kier molecular flexibility index (Phi) is 6.37. The molecule has 1 saturated heterocycles. The van der Waals surface area contributed by atoms with E-state index in [4.69, 9.17) is 4.74 Å². The first kappa shape index (κ1) is 22.8. The second kappa shape index (κ2) is 9.23. The number of aliphatic hydroxyl groups excluding tert-OH is 1. The molecular formula is C25H28N2O6. The molecule has 8 nitrogen and oxygen atoms in total. The largest absolute Gasteiger partial charge is 0.481 e. The number of likely N-dealkylation sites (tertiary alicyclic amines) is 1. The van der Waals surface area contributed by atoms with Crippen molar-refractivity contribution in [3.63, 3.8) is 0 Å². The van der Waals surface area contributed by atoms with Gasteiger partial charge in [-0.05, 0) is 35.6 Å². The highest BCUT2D eigenvalue weighted by Gasteiger charge is 2.42. The molecule has 2 unspecified atom stereocenters. The number of carbonyl (C=O) groups is 3. The Morgan fingerprint density at radius 1 is 1.12 bits per heavy atom. The van der Waals surface area contributed by atoms with Crippen molar-refractivity contribution in [3.8, 4) is 11.1 Å². The van der Waals surface area contributed by atoms with Crippen LogP contribution in [0.4, 0.5) is 4.79 Å². The molecule has 1 fully saturated rings. The third kappa shape index (κ3) is 4.71. The molecule has 2 atom stereocenters. The number of carboxylic acid groups (broad SMARTS) is 1. The summed E-state index contributed by atoms with van der Waals surface area (Å²) in [5, 5.41) is 22.0. The molecule has 1 aliphatic carbocycles. The van der Waals surface area contributed by atoms with Gasteiger partial charge in [0.2, 0.25) is 5.91 Å². The predicted octanol–water partition coefficient (Wildman–Crippen LogP) is 2.60. The summed E-state index contributed by atoms with van der Waals surface area (Å²) in [7, 11) is 0. The van der Waals surface area contributed by atoms with Crippen LogP contribution in [-0.2, 0) is 14.3 Å². The highest BCUT2D eigenvalue weighted by molar-refractivity contribution is 5.81. The third-order valence-corrected chi connectivity index (χ3v) is 6.58. The van der Waals surface area contributed by atoms with E-state index in [1.807, 2.05) is 36.4 Å². The Labute approximate surface area is 192 Å². The number of carbonyl (C=O) groups excluding carboxylic acids is 2. The van der Waals surface area contributed by atoms with E-state index < -0.39 is 23.6 Å². The first-order chi connectivity index (χ1) is 15.8. The number of alkyl carbamates (subject to hydrolysis) is 1. The Morgan fingerprint density at radius 2 is 1.73 bits per heavy atom. The van der Waals surface area contributed by atoms with Crippen LogP contribution in [0, 0.1) is 5.41 Å². The van der Waals surface area contributed by atoms with E-state index in [-0.39, 0.29) is 37.9 Å². The zero-order chi connectivity index (χ0) is 23.6. The lowest BCUT2D eigenvalue weighted by molar-refractivity contribution is -0.147. The minimum atomic E-state index is -1.09. The fourth-order valence-corrected chi connectivity index (χ4v) is 4.60. The first-order valence-corrected chi connectivity index (χ1v) is 11.1. The minimum absolute atomic E-state index is 0.0617. The third-order valence-electron chi connectivity index (χ3n) is 6.58. The lowest BCUT2D eigenvalue weighted by Crippen LogP contribution is -2.39. The highest BCUT2D eigenvalue weighted by Crippen LogP contribution is 2.44. The summed E-state index contributed by atoms with van der Waals surface area (Å²) in [6, 6.07) is 16.1. The van der Waals surface area contributed by atoms with Crippen LogP contribution in [0.3, 0.4) is 0 Å². The second-order valence-electron chi connectivity index (χ2n) is 9.00. The fraction of sp³-hybridized carbons (Fsp3) is 0.400. The Morgan fingerprint density at radius 3 is 2.30 bits per heavy atom. The van der Waals surface area contributed by atoms with Gasteiger partial charge < -0.3 is 25.2 Å². The van der Waals surface area contributed by atoms with Crippen molar-refractivity contribution in [1.82, 2.24) is 10.2 Å². The number of fused-ring (bicyclic) bond motifs is 3. The smallest absolute Gasteiger partial charge is 0.407 e. The minimum Gasteiger partial charge on any atom is -0.481 e. The van der Waals surface area contributed by atoms with Crippen LogP contribution < -0.4 is 5.32 Å². The number of ether oxygens (including phenoxy) is 1. The number of benzene rings is 2. The topological polar surface area (TPSA) is 116 Å². The number of carboxylic acids is 1. The van der Waals surface area contributed by atoms with Gasteiger partial charge in [-0.15, -0.1) is 0 Å². The van der Waals surface area contributed by atoms with Crippen molar-refractivity contribution >= 4 is 18.0 Å². The lowest BCUT2D eigenvalue weighted by atomic mass is 9.90. The van der Waals surface area contributed by atoms with Gasteiger partial charge in [0.15, 0.2) is 0 Å². The van der Waals surface area contributed by atoms with Crippen molar-refractivity contribution in [2.75, 3.05) is 26.2 Å². The predicted molar refractivity (Wildman–Crippen MR) is 121 cm³/mol. The number of nitrogens with one attached hydrogen (secondary N) is 1. The van der Waals surface area contributed by atoms with Gasteiger partial charge in [0.05, 0.1) is 17.9 Å². The van der Waals surface area contributed by atoms with Gasteiger partial charge in [0.1, 0.15) is 6.61 Å². The first-order valence-electron chi connectivity index (χ1n) is 11.1. The highest BCUT2D eigenvalue weighted by atomic mass is 16.5. The number of aliphatic carboxylic acids is 1. The van der Waals surface area contributed by atoms with E-state index in [1.54, 1.807) is 6.92 Å². The molecule has 2 amide bonds. The SMILES string of the molecule is CC1(C(=O)O)CCN(C(=O)CC(O)CNC(=O)OCC2c3ccccc3-c3ccccc32)C1. The molecule has 2 aliphatic rings. The summed E-state index contributed by atoms with van der Waals surface area (Å²) >= 11 is 0. The Hall–Kier alpha value is -3.39. The van der Waals surface area contributed by atoms with Crippen LogP contribution in [0.15, 0.2) is 48.5 Å². The van der Waals surface area contributed by atoms with E-state index in [0.29, 0.717) is 13.0 Å². The number of amides is 2. The maximum atomic E-state index is 12.4. The van der Waals surface area contributed by atoms with E-state index in [0.717, 1.165) is 22.3 Å². The fourth-order valence-electron chi connectivity index (χ4n) is 4.60. The van der Waals surface area contributed by atoms with Gasteiger partial charge in [-0.1, -0.05) is 48.5 Å². The molecule has 1 heterocycles. The molecule has 174 valence electrons. The number of aliphatic hydroxyl groups is 1. The van der Waals surface area contributed by atoms with Crippen LogP contribution in [0.5, 0.6) is 0 Å². The van der Waals surface area contributed by atoms with Crippen LogP contribution in [0.25, 0.3) is 11.1 Å². The zero-order valence-electron chi connectivity index (χ0n) is 18.5. The molecule has 33 heavy (non-hydrogen) atoms. The van der Waals surface area contributed by atoms with Crippen LogP contribution in [0.2, 0.25) is 0 Å². The van der Waals surface area contributed by atoms with Crippen molar-refractivity contribution in [2.45, 2.75) is 31.8 Å². The van der Waals surface area contributed by atoms with E-state index in [2.05, 4.69) is 17.4 Å². The van der Waals surface area contributed by atoms with E-state index in [1.165, 1.54) is 4.90 Å². The Bertz CT molecular complexity index is 1020. The molecule has 0 spiro atoms. The Balaban J connectivity index is 1.25. The molecule has 0 aromatic heterocycles. The number of hydrogen-bond donors (Lipinski definition) is 3. The molecule has 3 N–H and O–H groups in total.